The van der Waals surface area contributed by atoms with Gasteiger partial charge in [-0.3, -0.25) is 9.69 Å². The van der Waals surface area contributed by atoms with E-state index in [-0.39, 0.29) is 15.6 Å². The molecule has 2 heterocycles. The zero-order valence-corrected chi connectivity index (χ0v) is 11.8. The highest BCUT2D eigenvalue weighted by Crippen LogP contribution is 2.14. The van der Waals surface area contributed by atoms with Crippen LogP contribution in [0, 0.1) is 0 Å². The van der Waals surface area contributed by atoms with Crippen molar-refractivity contribution in [2.24, 2.45) is 0 Å². The first-order valence-corrected chi connectivity index (χ1v) is 6.65. The Morgan fingerprint density at radius 2 is 1.89 bits per heavy atom. The lowest BCUT2D eigenvalue weighted by atomic mass is 10.3. The van der Waals surface area contributed by atoms with Crippen LogP contribution in [-0.2, 0) is 6.54 Å². The monoisotopic (exact) mass is 290 g/mol. The van der Waals surface area contributed by atoms with Gasteiger partial charge in [0.05, 0.1) is 17.8 Å². The highest BCUT2D eigenvalue weighted by molar-refractivity contribution is 6.41. The molecule has 1 fully saturated rings. The van der Waals surface area contributed by atoms with E-state index in [1.807, 2.05) is 0 Å². The molecular formula is C11H16Cl2N4O. The predicted molar refractivity (Wildman–Crippen MR) is 72.5 cm³/mol. The molecule has 0 unspecified atom stereocenters. The number of halogens is 2. The highest BCUT2D eigenvalue weighted by atomic mass is 35.5. The molecule has 0 aliphatic carbocycles. The molecule has 0 bridgehead atoms. The molecular weight excluding hydrogens is 275 g/mol. The topological polar surface area (TPSA) is 41.4 Å². The summed E-state index contributed by atoms with van der Waals surface area (Å²) in [5.74, 6) is 0. The maximum Gasteiger partial charge on any atom is 0.287 e. The van der Waals surface area contributed by atoms with Crippen LogP contribution in [-0.4, -0.2) is 59.4 Å². The van der Waals surface area contributed by atoms with Gasteiger partial charge in [-0.25, -0.2) is 4.68 Å². The van der Waals surface area contributed by atoms with Crippen molar-refractivity contribution in [3.05, 3.63) is 26.6 Å². The van der Waals surface area contributed by atoms with Crippen molar-refractivity contribution in [1.29, 1.82) is 0 Å². The number of piperazine rings is 1. The quantitative estimate of drug-likeness (QED) is 0.826. The van der Waals surface area contributed by atoms with Crippen LogP contribution >= 0.6 is 23.2 Å². The lowest BCUT2D eigenvalue weighted by molar-refractivity contribution is 0.148. The van der Waals surface area contributed by atoms with E-state index in [0.29, 0.717) is 6.54 Å². The van der Waals surface area contributed by atoms with Gasteiger partial charge in [0.15, 0.2) is 0 Å². The maximum absolute atomic E-state index is 11.8. The van der Waals surface area contributed by atoms with Gasteiger partial charge in [-0.1, -0.05) is 23.2 Å². The van der Waals surface area contributed by atoms with Gasteiger partial charge >= 0.3 is 0 Å². The van der Waals surface area contributed by atoms with Gasteiger partial charge in [0, 0.05) is 32.7 Å². The van der Waals surface area contributed by atoms with Crippen LogP contribution in [0.4, 0.5) is 0 Å². The zero-order chi connectivity index (χ0) is 13.1. The molecule has 0 atom stereocenters. The number of hydrogen-bond acceptors (Lipinski definition) is 4. The van der Waals surface area contributed by atoms with Gasteiger partial charge in [-0.2, -0.15) is 5.10 Å². The first-order valence-electron chi connectivity index (χ1n) is 5.90. The third-order valence-corrected chi connectivity index (χ3v) is 3.91. The number of nitrogens with zero attached hydrogens (tertiary/aromatic N) is 4. The fourth-order valence-electron chi connectivity index (χ4n) is 1.91. The van der Waals surface area contributed by atoms with E-state index < -0.39 is 0 Å². The summed E-state index contributed by atoms with van der Waals surface area (Å²) >= 11 is 11.5. The second-order valence-electron chi connectivity index (χ2n) is 4.48. The smallest absolute Gasteiger partial charge is 0.287 e. The molecule has 0 radical (unpaired) electrons. The second-order valence-corrected chi connectivity index (χ2v) is 5.26. The number of likely N-dealkylation sites (N-methyl/N-ethyl adjacent to an activating group) is 1. The average molecular weight is 291 g/mol. The fourth-order valence-corrected chi connectivity index (χ4v) is 2.18. The van der Waals surface area contributed by atoms with Crippen molar-refractivity contribution in [2.45, 2.75) is 6.54 Å². The van der Waals surface area contributed by atoms with E-state index >= 15 is 0 Å². The van der Waals surface area contributed by atoms with Crippen LogP contribution in [0.5, 0.6) is 0 Å². The second kappa shape index (κ2) is 6.02. The largest absolute Gasteiger partial charge is 0.304 e. The summed E-state index contributed by atoms with van der Waals surface area (Å²) in [7, 11) is 2.11. The average Bonchev–Trinajstić information content (AvgIpc) is 2.37. The Morgan fingerprint density at radius 1 is 1.22 bits per heavy atom. The summed E-state index contributed by atoms with van der Waals surface area (Å²) in [4.78, 5) is 16.4. The van der Waals surface area contributed by atoms with E-state index in [0.717, 1.165) is 32.7 Å². The van der Waals surface area contributed by atoms with Crippen molar-refractivity contribution >= 4 is 23.2 Å². The van der Waals surface area contributed by atoms with Crippen LogP contribution in [0.2, 0.25) is 10.0 Å². The van der Waals surface area contributed by atoms with Crippen LogP contribution in [0.15, 0.2) is 11.0 Å². The molecule has 7 heteroatoms. The summed E-state index contributed by atoms with van der Waals surface area (Å²) in [5, 5.41) is 4.24. The standard InChI is InChI=1S/C11H16Cl2N4O/c1-15-2-4-16(5-3-15)6-7-17-11(18)10(13)9(12)8-14-17/h8H,2-7H2,1H3. The summed E-state index contributed by atoms with van der Waals surface area (Å²) in [6.07, 6.45) is 1.41. The molecule has 5 nitrogen and oxygen atoms in total. The van der Waals surface area contributed by atoms with Crippen molar-refractivity contribution < 1.29 is 0 Å². The lowest BCUT2D eigenvalue weighted by Gasteiger charge is -2.32. The lowest BCUT2D eigenvalue weighted by Crippen LogP contribution is -2.46. The van der Waals surface area contributed by atoms with Crippen LogP contribution in [0.3, 0.4) is 0 Å². The Hall–Kier alpha value is -0.620. The maximum atomic E-state index is 11.8. The molecule has 1 aliphatic rings. The zero-order valence-electron chi connectivity index (χ0n) is 10.3. The van der Waals surface area contributed by atoms with Crippen molar-refractivity contribution in [3.63, 3.8) is 0 Å². The fraction of sp³-hybridized carbons (Fsp3) is 0.636. The molecule has 0 N–H and O–H groups in total. The van der Waals surface area contributed by atoms with Crippen LogP contribution in [0.25, 0.3) is 0 Å². The van der Waals surface area contributed by atoms with Crippen molar-refractivity contribution in [1.82, 2.24) is 19.6 Å². The Kier molecular flexibility index (Phi) is 4.61. The molecule has 1 saturated heterocycles. The summed E-state index contributed by atoms with van der Waals surface area (Å²) in [5.41, 5.74) is -0.321. The Morgan fingerprint density at radius 3 is 2.56 bits per heavy atom. The summed E-state index contributed by atoms with van der Waals surface area (Å²) in [6, 6.07) is 0. The minimum Gasteiger partial charge on any atom is -0.304 e. The molecule has 18 heavy (non-hydrogen) atoms. The van der Waals surface area contributed by atoms with Gasteiger partial charge < -0.3 is 4.90 Å². The minimum atomic E-state index is -0.321. The van der Waals surface area contributed by atoms with Gasteiger partial charge in [0.2, 0.25) is 0 Å². The molecule has 1 aliphatic heterocycles. The van der Waals surface area contributed by atoms with E-state index in [1.165, 1.54) is 10.9 Å². The normalized spacial score (nSPS) is 18.2. The number of rotatable bonds is 3. The van der Waals surface area contributed by atoms with Gasteiger partial charge in [-0.05, 0) is 7.05 Å². The van der Waals surface area contributed by atoms with E-state index in [2.05, 4.69) is 21.9 Å². The Labute approximate surface area is 116 Å². The molecule has 100 valence electrons. The number of hydrogen-bond donors (Lipinski definition) is 0. The third-order valence-electron chi connectivity index (χ3n) is 3.17. The summed E-state index contributed by atoms with van der Waals surface area (Å²) in [6.45, 7) is 5.50. The van der Waals surface area contributed by atoms with E-state index in [9.17, 15) is 4.79 Å². The first kappa shape index (κ1) is 13.8. The molecule has 0 saturated carbocycles. The molecule has 0 amide bonds. The predicted octanol–water partition coefficient (Wildman–Crippen LogP) is 0.797. The van der Waals surface area contributed by atoms with Gasteiger partial charge in [0.25, 0.3) is 5.56 Å². The highest BCUT2D eigenvalue weighted by Gasteiger charge is 2.14. The van der Waals surface area contributed by atoms with E-state index in [4.69, 9.17) is 23.2 Å². The van der Waals surface area contributed by atoms with Crippen LogP contribution in [0.1, 0.15) is 0 Å². The minimum absolute atomic E-state index is 0.0463. The molecule has 2 rings (SSSR count). The SMILES string of the molecule is CN1CCN(CCn2ncc(Cl)c(Cl)c2=O)CC1. The van der Waals surface area contributed by atoms with Crippen molar-refractivity contribution in [2.75, 3.05) is 39.8 Å². The van der Waals surface area contributed by atoms with Crippen LogP contribution < -0.4 is 5.56 Å². The Balaban J connectivity index is 1.95. The molecule has 1 aromatic heterocycles. The van der Waals surface area contributed by atoms with Crippen molar-refractivity contribution in [3.8, 4) is 0 Å². The van der Waals surface area contributed by atoms with E-state index in [1.54, 1.807) is 0 Å². The van der Waals surface area contributed by atoms with Gasteiger partial charge in [0.1, 0.15) is 5.02 Å². The summed E-state index contributed by atoms with van der Waals surface area (Å²) < 4.78 is 1.37. The number of aromatic nitrogens is 2. The molecule has 0 spiro atoms. The molecule has 1 aromatic rings. The Bertz CT molecular complexity index is 469. The molecule has 0 aromatic carbocycles. The first-order chi connectivity index (χ1) is 8.58. The third kappa shape index (κ3) is 3.23. The van der Waals surface area contributed by atoms with Gasteiger partial charge in [-0.15, -0.1) is 0 Å².